The van der Waals surface area contributed by atoms with Crippen LogP contribution in [0.4, 0.5) is 0 Å². The van der Waals surface area contributed by atoms with Gasteiger partial charge in [-0.25, -0.2) is 0 Å². The summed E-state index contributed by atoms with van der Waals surface area (Å²) in [5, 5.41) is 13.0. The monoisotopic (exact) mass is 245 g/mol. The summed E-state index contributed by atoms with van der Waals surface area (Å²) in [5.74, 6) is -0.308. The third kappa shape index (κ3) is 7.39. The molecule has 0 saturated heterocycles. The normalized spacial score (nSPS) is 9.82. The Labute approximate surface area is 124 Å². The molecule has 0 unspecified atom stereocenters. The number of carboxylic acids is 1. The van der Waals surface area contributed by atoms with Gasteiger partial charge in [-0.1, -0.05) is 12.1 Å². The van der Waals surface area contributed by atoms with E-state index in [1.807, 2.05) is 38.1 Å². The molecule has 0 aliphatic heterocycles. The predicted molar refractivity (Wildman–Crippen MR) is 58.9 cm³/mol. The zero-order valence-electron chi connectivity index (χ0n) is 10.5. The second-order valence-corrected chi connectivity index (χ2v) is 3.79. The average Bonchev–Trinajstić information content (AvgIpc) is 2.16. The van der Waals surface area contributed by atoms with E-state index in [0.29, 0.717) is 6.54 Å². The Kier molecular flexibility index (Phi) is 8.25. The molecular weight excluding hydrogens is 229 g/mol. The van der Waals surface area contributed by atoms with E-state index in [4.69, 9.17) is 4.74 Å². The molecule has 1 aromatic rings. The van der Waals surface area contributed by atoms with E-state index < -0.39 is 5.97 Å². The molecule has 4 nitrogen and oxygen atoms in total. The topological polar surface area (TPSA) is 61.4 Å². The van der Waals surface area contributed by atoms with E-state index in [0.717, 1.165) is 11.3 Å². The maximum absolute atomic E-state index is 10.2. The van der Waals surface area contributed by atoms with E-state index in [-0.39, 0.29) is 42.2 Å². The van der Waals surface area contributed by atoms with Crippen molar-refractivity contribution in [3.63, 3.8) is 0 Å². The average molecular weight is 245 g/mol. The number of carboxylic acid groups (broad SMARTS) is 1. The van der Waals surface area contributed by atoms with Crippen molar-refractivity contribution in [1.82, 2.24) is 5.32 Å². The number of hydrogen-bond donors (Lipinski definition) is 1. The van der Waals surface area contributed by atoms with Crippen LogP contribution in [0.15, 0.2) is 24.3 Å². The predicted octanol–water partition coefficient (Wildman–Crippen LogP) is -2.68. The molecule has 0 aliphatic rings. The van der Waals surface area contributed by atoms with E-state index in [9.17, 15) is 9.90 Å². The third-order valence-electron chi connectivity index (χ3n) is 1.87. The van der Waals surface area contributed by atoms with Gasteiger partial charge in [-0.05, 0) is 31.5 Å². The Balaban J connectivity index is 0.00000256. The zero-order valence-corrected chi connectivity index (χ0v) is 12.5. The molecule has 0 radical (unpaired) electrons. The van der Waals surface area contributed by atoms with Crippen LogP contribution in [0.1, 0.15) is 19.4 Å². The van der Waals surface area contributed by atoms with Crippen LogP contribution in [0, 0.1) is 0 Å². The molecule has 1 N–H and O–H groups in total. The van der Waals surface area contributed by atoms with Crippen molar-refractivity contribution >= 4 is 5.97 Å². The van der Waals surface area contributed by atoms with Crippen LogP contribution < -0.4 is 44.7 Å². The van der Waals surface area contributed by atoms with Crippen LogP contribution >= 0.6 is 0 Å². The number of ether oxygens (including phenoxy) is 1. The van der Waals surface area contributed by atoms with Crippen LogP contribution in [0.3, 0.4) is 0 Å². The van der Waals surface area contributed by atoms with Gasteiger partial charge < -0.3 is 20.0 Å². The summed E-state index contributed by atoms with van der Waals surface area (Å²) in [6.45, 7) is 4.26. The van der Waals surface area contributed by atoms with Gasteiger partial charge in [-0.15, -0.1) is 0 Å². The fraction of sp³-hybridized carbons (Fsp3) is 0.417. The Morgan fingerprint density at radius 1 is 1.47 bits per heavy atom. The molecule has 0 amide bonds. The minimum absolute atomic E-state index is 0. The summed E-state index contributed by atoms with van der Waals surface area (Å²) >= 11 is 0. The standard InChI is InChI=1S/C12H17NO3.Na/c1-9(2)16-11-5-3-4-10(6-11)7-13-8-12(14)15;/h3-6,9,13H,7-8H2,1-2H3,(H,14,15);/q;+1/p-1. The molecule has 17 heavy (non-hydrogen) atoms. The molecule has 0 heterocycles. The molecule has 0 bridgehead atoms. The van der Waals surface area contributed by atoms with Gasteiger partial charge in [0.1, 0.15) is 5.75 Å². The maximum Gasteiger partial charge on any atom is 1.00 e. The Hall–Kier alpha value is -0.550. The summed E-state index contributed by atoms with van der Waals surface area (Å²) < 4.78 is 5.53. The van der Waals surface area contributed by atoms with Crippen LogP contribution in [0.25, 0.3) is 0 Å². The van der Waals surface area contributed by atoms with Crippen molar-refractivity contribution in [3.8, 4) is 5.75 Å². The summed E-state index contributed by atoms with van der Waals surface area (Å²) in [6, 6.07) is 7.56. The maximum atomic E-state index is 10.2. The molecule has 0 spiro atoms. The first-order chi connectivity index (χ1) is 7.58. The van der Waals surface area contributed by atoms with Crippen molar-refractivity contribution < 1.29 is 44.2 Å². The van der Waals surface area contributed by atoms with Crippen molar-refractivity contribution in [1.29, 1.82) is 0 Å². The molecule has 1 rings (SSSR count). The van der Waals surface area contributed by atoms with Gasteiger partial charge in [0, 0.05) is 13.1 Å². The molecule has 5 heteroatoms. The molecule has 0 aromatic heterocycles. The van der Waals surface area contributed by atoms with Crippen molar-refractivity contribution in [2.45, 2.75) is 26.5 Å². The Morgan fingerprint density at radius 2 is 2.18 bits per heavy atom. The minimum Gasteiger partial charge on any atom is -0.549 e. The first-order valence-corrected chi connectivity index (χ1v) is 5.24. The van der Waals surface area contributed by atoms with Gasteiger partial charge in [0.25, 0.3) is 0 Å². The number of carbonyl (C=O) groups excluding carboxylic acids is 1. The minimum atomic E-state index is -1.10. The number of benzene rings is 1. The van der Waals surface area contributed by atoms with E-state index in [1.165, 1.54) is 0 Å². The largest absolute Gasteiger partial charge is 1.00 e. The number of rotatable bonds is 6. The molecule has 0 aliphatic carbocycles. The summed E-state index contributed by atoms with van der Waals surface area (Å²) in [5.41, 5.74) is 0.986. The van der Waals surface area contributed by atoms with Gasteiger partial charge in [0.05, 0.1) is 12.1 Å². The van der Waals surface area contributed by atoms with Crippen LogP contribution in [0.5, 0.6) is 5.75 Å². The SMILES string of the molecule is CC(C)Oc1cccc(CNCC(=O)[O-])c1.[Na+]. The molecule has 0 saturated carbocycles. The summed E-state index contributed by atoms with van der Waals surface area (Å²) in [4.78, 5) is 10.2. The zero-order chi connectivity index (χ0) is 12.0. The molecular formula is C12H16NNaO3. The van der Waals surface area contributed by atoms with Crippen molar-refractivity contribution in [2.24, 2.45) is 0 Å². The second-order valence-electron chi connectivity index (χ2n) is 3.79. The van der Waals surface area contributed by atoms with E-state index in [2.05, 4.69) is 5.32 Å². The molecule has 1 aromatic carbocycles. The fourth-order valence-electron chi connectivity index (χ4n) is 1.31. The van der Waals surface area contributed by atoms with Crippen LogP contribution in [0.2, 0.25) is 0 Å². The van der Waals surface area contributed by atoms with Crippen molar-refractivity contribution in [3.05, 3.63) is 29.8 Å². The number of carbonyl (C=O) groups is 1. The molecule has 88 valence electrons. The molecule has 0 fully saturated rings. The number of aliphatic carboxylic acids is 1. The smallest absolute Gasteiger partial charge is 0.549 e. The third-order valence-corrected chi connectivity index (χ3v) is 1.87. The van der Waals surface area contributed by atoms with Gasteiger partial charge in [-0.2, -0.15) is 0 Å². The van der Waals surface area contributed by atoms with Gasteiger partial charge >= 0.3 is 29.6 Å². The van der Waals surface area contributed by atoms with Gasteiger partial charge in [0.15, 0.2) is 0 Å². The Morgan fingerprint density at radius 3 is 2.76 bits per heavy atom. The first-order valence-electron chi connectivity index (χ1n) is 5.24. The Bertz CT molecular complexity index is 355. The fourth-order valence-corrected chi connectivity index (χ4v) is 1.31. The summed E-state index contributed by atoms with van der Waals surface area (Å²) in [6.07, 6.45) is 0.131. The summed E-state index contributed by atoms with van der Waals surface area (Å²) in [7, 11) is 0. The second kappa shape index (κ2) is 8.53. The van der Waals surface area contributed by atoms with Gasteiger partial charge in [-0.3, -0.25) is 0 Å². The van der Waals surface area contributed by atoms with Gasteiger partial charge in [0.2, 0.25) is 0 Å². The van der Waals surface area contributed by atoms with Crippen LogP contribution in [-0.4, -0.2) is 18.6 Å². The quantitative estimate of drug-likeness (QED) is 0.555. The van der Waals surface area contributed by atoms with E-state index >= 15 is 0 Å². The molecule has 0 atom stereocenters. The van der Waals surface area contributed by atoms with Crippen molar-refractivity contribution in [2.75, 3.05) is 6.54 Å². The number of nitrogens with one attached hydrogen (secondary N) is 1. The van der Waals surface area contributed by atoms with E-state index in [1.54, 1.807) is 0 Å². The van der Waals surface area contributed by atoms with Crippen LogP contribution in [-0.2, 0) is 11.3 Å². The number of hydrogen-bond acceptors (Lipinski definition) is 4. The first kappa shape index (κ1) is 16.4.